The van der Waals surface area contributed by atoms with Crippen molar-refractivity contribution < 1.29 is 0 Å². The van der Waals surface area contributed by atoms with Crippen LogP contribution in [0.15, 0.2) is 30.3 Å². The molecule has 1 aromatic heterocycles. The maximum atomic E-state index is 5.82. The van der Waals surface area contributed by atoms with Gasteiger partial charge in [0.25, 0.3) is 0 Å². The van der Waals surface area contributed by atoms with Gasteiger partial charge in [0, 0.05) is 29.4 Å². The van der Waals surface area contributed by atoms with Gasteiger partial charge in [0.15, 0.2) is 5.82 Å². The Morgan fingerprint density at radius 2 is 1.78 bits per heavy atom. The Morgan fingerprint density at radius 3 is 2.39 bits per heavy atom. The largest absolute Gasteiger partial charge is 0.328 e. The van der Waals surface area contributed by atoms with Gasteiger partial charge in [-0.1, -0.05) is 29.8 Å². The lowest BCUT2D eigenvalue weighted by molar-refractivity contribution is 0.719. The van der Waals surface area contributed by atoms with E-state index in [9.17, 15) is 0 Å². The summed E-state index contributed by atoms with van der Waals surface area (Å²) in [5, 5.41) is 0. The monoisotopic (exact) mass is 241 g/mol. The van der Waals surface area contributed by atoms with Crippen LogP contribution in [0.25, 0.3) is 11.4 Å². The van der Waals surface area contributed by atoms with Crippen LogP contribution in [0.3, 0.4) is 0 Å². The predicted molar refractivity (Wildman–Crippen MR) is 74.3 cm³/mol. The molecule has 0 radical (unpaired) electrons. The number of hydrogen-bond donors (Lipinski definition) is 1. The maximum Gasteiger partial charge on any atom is 0.159 e. The molecule has 2 rings (SSSR count). The predicted octanol–water partition coefficient (Wildman–Crippen LogP) is 2.65. The van der Waals surface area contributed by atoms with Gasteiger partial charge in [-0.25, -0.2) is 9.97 Å². The van der Waals surface area contributed by atoms with E-state index >= 15 is 0 Å². The Labute approximate surface area is 108 Å². The summed E-state index contributed by atoms with van der Waals surface area (Å²) in [6, 6.07) is 10.4. The molecule has 2 N–H and O–H groups in total. The van der Waals surface area contributed by atoms with Crippen molar-refractivity contribution in [3.05, 3.63) is 47.3 Å². The molecule has 0 aliphatic rings. The third-order valence-electron chi connectivity index (χ3n) is 2.75. The van der Waals surface area contributed by atoms with Crippen molar-refractivity contribution >= 4 is 0 Å². The Bertz CT molecular complexity index is 530. The van der Waals surface area contributed by atoms with Crippen LogP contribution in [0.2, 0.25) is 0 Å². The van der Waals surface area contributed by atoms with E-state index in [1.165, 1.54) is 5.56 Å². The van der Waals surface area contributed by atoms with Crippen molar-refractivity contribution in [2.45, 2.75) is 33.2 Å². The number of benzene rings is 1. The molecule has 0 saturated heterocycles. The van der Waals surface area contributed by atoms with Crippen molar-refractivity contribution in [1.29, 1.82) is 0 Å². The summed E-state index contributed by atoms with van der Waals surface area (Å²) in [5.74, 6) is 0.783. The van der Waals surface area contributed by atoms with E-state index in [0.717, 1.165) is 29.2 Å². The topological polar surface area (TPSA) is 51.8 Å². The first-order chi connectivity index (χ1) is 8.54. The van der Waals surface area contributed by atoms with Crippen molar-refractivity contribution in [2.75, 3.05) is 0 Å². The molecule has 0 aliphatic heterocycles. The third kappa shape index (κ3) is 3.14. The summed E-state index contributed by atoms with van der Waals surface area (Å²) in [7, 11) is 0. The van der Waals surface area contributed by atoms with Gasteiger partial charge in [0.2, 0.25) is 0 Å². The minimum atomic E-state index is 0.116. The van der Waals surface area contributed by atoms with E-state index in [1.807, 2.05) is 19.9 Å². The highest BCUT2D eigenvalue weighted by atomic mass is 14.9. The average Bonchev–Trinajstić information content (AvgIpc) is 2.28. The third-order valence-corrected chi connectivity index (χ3v) is 2.75. The zero-order valence-electron chi connectivity index (χ0n) is 11.1. The molecule has 1 unspecified atom stereocenters. The number of hydrogen-bond acceptors (Lipinski definition) is 3. The van der Waals surface area contributed by atoms with E-state index in [4.69, 9.17) is 5.73 Å². The van der Waals surface area contributed by atoms with Gasteiger partial charge in [-0.15, -0.1) is 0 Å². The molecule has 1 aromatic carbocycles. The summed E-state index contributed by atoms with van der Waals surface area (Å²) in [4.78, 5) is 9.07. The second kappa shape index (κ2) is 5.27. The Hall–Kier alpha value is -1.74. The lowest BCUT2D eigenvalue weighted by Crippen LogP contribution is -2.19. The van der Waals surface area contributed by atoms with Crippen LogP contribution in [0.4, 0.5) is 0 Å². The van der Waals surface area contributed by atoms with Crippen LogP contribution in [0.5, 0.6) is 0 Å². The van der Waals surface area contributed by atoms with Crippen LogP contribution < -0.4 is 5.73 Å². The van der Waals surface area contributed by atoms with Crippen LogP contribution >= 0.6 is 0 Å². The molecule has 0 bridgehead atoms. The van der Waals surface area contributed by atoms with Gasteiger partial charge in [0.05, 0.1) is 0 Å². The number of aryl methyl sites for hydroxylation is 2. The molecular formula is C15H19N3. The Kier molecular flexibility index (Phi) is 3.72. The summed E-state index contributed by atoms with van der Waals surface area (Å²) >= 11 is 0. The Balaban J connectivity index is 2.38. The average molecular weight is 241 g/mol. The maximum absolute atomic E-state index is 5.82. The smallest absolute Gasteiger partial charge is 0.159 e. The van der Waals surface area contributed by atoms with Crippen molar-refractivity contribution in [3.63, 3.8) is 0 Å². The molecule has 0 aliphatic carbocycles. The van der Waals surface area contributed by atoms with Crippen LogP contribution in [0, 0.1) is 13.8 Å². The molecule has 0 fully saturated rings. The second-order valence-corrected chi connectivity index (χ2v) is 4.87. The van der Waals surface area contributed by atoms with Gasteiger partial charge in [-0.05, 0) is 26.8 Å². The highest BCUT2D eigenvalue weighted by molar-refractivity contribution is 5.55. The number of nitrogens with two attached hydrogens (primary N) is 1. The van der Waals surface area contributed by atoms with Crippen molar-refractivity contribution in [2.24, 2.45) is 5.73 Å². The molecule has 1 atom stereocenters. The standard InChI is InChI=1S/C15H19N3/c1-10-4-6-13(7-5-10)15-17-12(3)9-14(18-15)8-11(2)16/h4-7,9,11H,8,16H2,1-3H3. The normalized spacial score (nSPS) is 12.4. The van der Waals surface area contributed by atoms with Gasteiger partial charge >= 0.3 is 0 Å². The zero-order chi connectivity index (χ0) is 13.1. The van der Waals surface area contributed by atoms with Crippen LogP contribution in [0.1, 0.15) is 23.9 Å². The number of nitrogens with zero attached hydrogens (tertiary/aromatic N) is 2. The lowest BCUT2D eigenvalue weighted by Gasteiger charge is -2.08. The lowest BCUT2D eigenvalue weighted by atomic mass is 10.1. The summed E-state index contributed by atoms with van der Waals surface area (Å²) in [5.41, 5.74) is 10.1. The molecule has 94 valence electrons. The van der Waals surface area contributed by atoms with Gasteiger partial charge < -0.3 is 5.73 Å². The number of aromatic nitrogens is 2. The summed E-state index contributed by atoms with van der Waals surface area (Å²) < 4.78 is 0. The molecule has 3 heteroatoms. The van der Waals surface area contributed by atoms with E-state index in [1.54, 1.807) is 0 Å². The molecule has 0 saturated carbocycles. The first-order valence-corrected chi connectivity index (χ1v) is 6.22. The minimum absolute atomic E-state index is 0.116. The summed E-state index contributed by atoms with van der Waals surface area (Å²) in [6.07, 6.45) is 0.780. The van der Waals surface area contributed by atoms with Gasteiger partial charge in [0.1, 0.15) is 0 Å². The van der Waals surface area contributed by atoms with Crippen molar-refractivity contribution in [1.82, 2.24) is 9.97 Å². The van der Waals surface area contributed by atoms with Crippen LogP contribution in [-0.2, 0) is 6.42 Å². The van der Waals surface area contributed by atoms with E-state index in [-0.39, 0.29) is 6.04 Å². The van der Waals surface area contributed by atoms with Gasteiger partial charge in [-0.3, -0.25) is 0 Å². The molecule has 18 heavy (non-hydrogen) atoms. The zero-order valence-corrected chi connectivity index (χ0v) is 11.1. The fraction of sp³-hybridized carbons (Fsp3) is 0.333. The highest BCUT2D eigenvalue weighted by Gasteiger charge is 2.06. The Morgan fingerprint density at radius 1 is 1.11 bits per heavy atom. The molecule has 3 nitrogen and oxygen atoms in total. The van der Waals surface area contributed by atoms with E-state index in [0.29, 0.717) is 0 Å². The van der Waals surface area contributed by atoms with Crippen LogP contribution in [-0.4, -0.2) is 16.0 Å². The molecular weight excluding hydrogens is 222 g/mol. The van der Waals surface area contributed by atoms with E-state index in [2.05, 4.69) is 41.2 Å². The van der Waals surface area contributed by atoms with E-state index < -0.39 is 0 Å². The fourth-order valence-corrected chi connectivity index (χ4v) is 1.90. The SMILES string of the molecule is Cc1ccc(-c2nc(C)cc(CC(C)N)n2)cc1. The first kappa shape index (κ1) is 12.7. The van der Waals surface area contributed by atoms with Gasteiger partial charge in [-0.2, -0.15) is 0 Å². The fourth-order valence-electron chi connectivity index (χ4n) is 1.90. The minimum Gasteiger partial charge on any atom is -0.328 e. The molecule has 0 spiro atoms. The van der Waals surface area contributed by atoms with Crippen molar-refractivity contribution in [3.8, 4) is 11.4 Å². The summed E-state index contributed by atoms with van der Waals surface area (Å²) in [6.45, 7) is 6.05. The quantitative estimate of drug-likeness (QED) is 0.898. The molecule has 1 heterocycles. The number of rotatable bonds is 3. The molecule has 0 amide bonds. The second-order valence-electron chi connectivity index (χ2n) is 4.87. The first-order valence-electron chi connectivity index (χ1n) is 6.22. The highest BCUT2D eigenvalue weighted by Crippen LogP contribution is 2.17. The molecule has 2 aromatic rings.